The predicted octanol–water partition coefficient (Wildman–Crippen LogP) is 4.74. The molecule has 0 aliphatic carbocycles. The summed E-state index contributed by atoms with van der Waals surface area (Å²) in [6.45, 7) is 8.87. The quantitative estimate of drug-likeness (QED) is 0.781. The molecule has 0 N–H and O–H groups in total. The lowest BCUT2D eigenvalue weighted by atomic mass is 9.97. The molecule has 1 aliphatic rings. The van der Waals surface area contributed by atoms with Crippen LogP contribution in [0.15, 0.2) is 34.7 Å². The number of nitrogens with zero attached hydrogens (tertiary/aromatic N) is 3. The highest BCUT2D eigenvalue weighted by atomic mass is 16.6. The standard InChI is InChI=1S/C21H27N3O3/c1-15(14-16-8-6-5-7-9-16)18-22-23-19(26-18)17-10-12-24(13-11-17)20(25)27-21(2,3)4/h5-9,14,17H,10-13H2,1-4H3/b15-14+. The Bertz CT molecular complexity index is 798. The molecular weight excluding hydrogens is 342 g/mol. The third-order valence-corrected chi connectivity index (χ3v) is 4.46. The lowest BCUT2D eigenvalue weighted by molar-refractivity contribution is 0.0199. The average Bonchev–Trinajstić information content (AvgIpc) is 3.11. The summed E-state index contributed by atoms with van der Waals surface area (Å²) >= 11 is 0. The molecule has 2 heterocycles. The van der Waals surface area contributed by atoms with Crippen LogP contribution in [0.5, 0.6) is 0 Å². The zero-order valence-corrected chi connectivity index (χ0v) is 16.4. The molecule has 0 radical (unpaired) electrons. The summed E-state index contributed by atoms with van der Waals surface area (Å²) in [6, 6.07) is 10.1. The van der Waals surface area contributed by atoms with Gasteiger partial charge in [0, 0.05) is 24.6 Å². The van der Waals surface area contributed by atoms with Gasteiger partial charge in [-0.25, -0.2) is 4.79 Å². The number of rotatable bonds is 3. The summed E-state index contributed by atoms with van der Waals surface area (Å²) in [5.74, 6) is 1.37. The number of hydrogen-bond donors (Lipinski definition) is 0. The first-order valence-corrected chi connectivity index (χ1v) is 9.37. The maximum atomic E-state index is 12.2. The highest BCUT2D eigenvalue weighted by molar-refractivity contribution is 5.76. The van der Waals surface area contributed by atoms with Crippen molar-refractivity contribution >= 4 is 17.7 Å². The first-order chi connectivity index (χ1) is 12.8. The number of hydrogen-bond acceptors (Lipinski definition) is 5. The van der Waals surface area contributed by atoms with Crippen LogP contribution in [0.4, 0.5) is 4.79 Å². The number of likely N-dealkylation sites (tertiary alicyclic amines) is 1. The lowest BCUT2D eigenvalue weighted by Crippen LogP contribution is -2.41. The number of allylic oxidation sites excluding steroid dienone is 1. The Morgan fingerprint density at radius 3 is 2.48 bits per heavy atom. The molecule has 1 aromatic carbocycles. The molecule has 0 unspecified atom stereocenters. The summed E-state index contributed by atoms with van der Waals surface area (Å²) in [6.07, 6.45) is 3.36. The van der Waals surface area contributed by atoms with Gasteiger partial charge in [0.2, 0.25) is 11.8 Å². The molecule has 27 heavy (non-hydrogen) atoms. The first kappa shape index (κ1) is 19.1. The van der Waals surface area contributed by atoms with Crippen molar-refractivity contribution in [3.05, 3.63) is 47.7 Å². The second kappa shape index (κ2) is 7.94. The molecule has 6 heteroatoms. The molecule has 6 nitrogen and oxygen atoms in total. The fourth-order valence-corrected chi connectivity index (χ4v) is 3.06. The molecule has 0 bridgehead atoms. The molecule has 2 aromatic rings. The van der Waals surface area contributed by atoms with Crippen molar-refractivity contribution in [2.75, 3.05) is 13.1 Å². The Morgan fingerprint density at radius 2 is 1.85 bits per heavy atom. The molecule has 1 aliphatic heterocycles. The molecule has 1 saturated heterocycles. The Balaban J connectivity index is 1.60. The van der Waals surface area contributed by atoms with Gasteiger partial charge >= 0.3 is 6.09 Å². The summed E-state index contributed by atoms with van der Waals surface area (Å²) in [7, 11) is 0. The van der Waals surface area contributed by atoms with E-state index in [9.17, 15) is 4.79 Å². The largest absolute Gasteiger partial charge is 0.444 e. The molecular formula is C21H27N3O3. The van der Waals surface area contributed by atoms with Gasteiger partial charge in [0.25, 0.3) is 0 Å². The summed E-state index contributed by atoms with van der Waals surface area (Å²) in [5, 5.41) is 8.44. The monoisotopic (exact) mass is 369 g/mol. The van der Waals surface area contributed by atoms with Crippen molar-refractivity contribution in [2.24, 2.45) is 0 Å². The summed E-state index contributed by atoms with van der Waals surface area (Å²) in [4.78, 5) is 13.9. The van der Waals surface area contributed by atoms with Crippen molar-refractivity contribution in [2.45, 2.75) is 52.1 Å². The van der Waals surface area contributed by atoms with E-state index < -0.39 is 5.60 Å². The normalized spacial score (nSPS) is 16.4. The molecule has 3 rings (SSSR count). The minimum Gasteiger partial charge on any atom is -0.444 e. The zero-order valence-electron chi connectivity index (χ0n) is 16.4. The molecule has 0 saturated carbocycles. The number of amides is 1. The fourth-order valence-electron chi connectivity index (χ4n) is 3.06. The SMILES string of the molecule is C/C(=C\c1ccccc1)c1nnc(C2CCN(C(=O)OC(C)(C)C)CC2)o1. The van der Waals surface area contributed by atoms with Crippen LogP contribution < -0.4 is 0 Å². The van der Waals surface area contributed by atoms with Gasteiger partial charge in [-0.3, -0.25) is 0 Å². The van der Waals surface area contributed by atoms with E-state index in [-0.39, 0.29) is 12.0 Å². The summed E-state index contributed by atoms with van der Waals surface area (Å²) in [5.41, 5.74) is 1.56. The van der Waals surface area contributed by atoms with Crippen LogP contribution in [0, 0.1) is 0 Å². The molecule has 0 atom stereocenters. The highest BCUT2D eigenvalue weighted by Gasteiger charge is 2.29. The van der Waals surface area contributed by atoms with Crippen molar-refractivity contribution in [1.82, 2.24) is 15.1 Å². The maximum Gasteiger partial charge on any atom is 0.410 e. The number of aromatic nitrogens is 2. The molecule has 144 valence electrons. The third-order valence-electron chi connectivity index (χ3n) is 4.46. The Kier molecular flexibility index (Phi) is 5.63. The zero-order chi connectivity index (χ0) is 19.4. The average molecular weight is 369 g/mol. The predicted molar refractivity (Wildman–Crippen MR) is 104 cm³/mol. The fraction of sp³-hybridized carbons (Fsp3) is 0.476. The number of carbonyl (C=O) groups is 1. The van der Waals surface area contributed by atoms with Gasteiger partial charge in [-0.2, -0.15) is 0 Å². The van der Waals surface area contributed by atoms with E-state index in [2.05, 4.69) is 10.2 Å². The van der Waals surface area contributed by atoms with Gasteiger partial charge in [-0.1, -0.05) is 30.3 Å². The summed E-state index contributed by atoms with van der Waals surface area (Å²) < 4.78 is 11.3. The van der Waals surface area contributed by atoms with E-state index in [1.165, 1.54) is 0 Å². The molecule has 1 aromatic heterocycles. The van der Waals surface area contributed by atoms with Crippen LogP contribution in [-0.4, -0.2) is 39.9 Å². The van der Waals surface area contributed by atoms with Crippen LogP contribution in [0.1, 0.15) is 63.8 Å². The Hall–Kier alpha value is -2.63. The topological polar surface area (TPSA) is 68.5 Å². The Labute approximate surface area is 160 Å². The molecule has 1 fully saturated rings. The molecule has 0 spiro atoms. The van der Waals surface area contributed by atoms with Gasteiger partial charge in [0.1, 0.15) is 5.60 Å². The number of piperidine rings is 1. The van der Waals surface area contributed by atoms with E-state index in [0.29, 0.717) is 24.9 Å². The van der Waals surface area contributed by atoms with Gasteiger partial charge in [-0.15, -0.1) is 10.2 Å². The van der Waals surface area contributed by atoms with Crippen LogP contribution in [0.25, 0.3) is 11.6 Å². The van der Waals surface area contributed by atoms with E-state index in [1.807, 2.05) is 64.1 Å². The van der Waals surface area contributed by atoms with Gasteiger partial charge in [-0.05, 0) is 52.2 Å². The van der Waals surface area contributed by atoms with E-state index in [0.717, 1.165) is 24.0 Å². The van der Waals surface area contributed by atoms with Gasteiger partial charge in [0.05, 0.1) is 0 Å². The third kappa shape index (κ3) is 5.18. The second-order valence-corrected chi connectivity index (χ2v) is 7.93. The minimum absolute atomic E-state index is 0.175. The minimum atomic E-state index is -0.474. The Morgan fingerprint density at radius 1 is 1.19 bits per heavy atom. The van der Waals surface area contributed by atoms with Crippen LogP contribution in [0.3, 0.4) is 0 Å². The number of ether oxygens (including phenoxy) is 1. The van der Waals surface area contributed by atoms with Crippen LogP contribution in [0.2, 0.25) is 0 Å². The van der Waals surface area contributed by atoms with Crippen LogP contribution in [-0.2, 0) is 4.74 Å². The van der Waals surface area contributed by atoms with Crippen LogP contribution >= 0.6 is 0 Å². The smallest absolute Gasteiger partial charge is 0.410 e. The second-order valence-electron chi connectivity index (χ2n) is 7.93. The molecule has 1 amide bonds. The number of carbonyl (C=O) groups excluding carboxylic acids is 1. The van der Waals surface area contributed by atoms with E-state index in [1.54, 1.807) is 4.90 Å². The van der Waals surface area contributed by atoms with E-state index in [4.69, 9.17) is 9.15 Å². The maximum absolute atomic E-state index is 12.2. The van der Waals surface area contributed by atoms with Crippen molar-refractivity contribution in [1.29, 1.82) is 0 Å². The van der Waals surface area contributed by atoms with Crippen molar-refractivity contribution < 1.29 is 13.9 Å². The first-order valence-electron chi connectivity index (χ1n) is 9.37. The van der Waals surface area contributed by atoms with Crippen molar-refractivity contribution in [3.63, 3.8) is 0 Å². The lowest BCUT2D eigenvalue weighted by Gasteiger charge is -2.32. The van der Waals surface area contributed by atoms with Crippen molar-refractivity contribution in [3.8, 4) is 0 Å². The number of benzene rings is 1. The van der Waals surface area contributed by atoms with Gasteiger partial charge < -0.3 is 14.1 Å². The highest BCUT2D eigenvalue weighted by Crippen LogP contribution is 2.29. The van der Waals surface area contributed by atoms with Gasteiger partial charge in [0.15, 0.2) is 0 Å². The van der Waals surface area contributed by atoms with E-state index >= 15 is 0 Å².